The molecule has 0 aliphatic carbocycles. The second-order valence-corrected chi connectivity index (χ2v) is 6.89. The molecule has 142 valence electrons. The number of imidazole rings is 1. The van der Waals surface area contributed by atoms with E-state index in [0.29, 0.717) is 0 Å². The van der Waals surface area contributed by atoms with Crippen molar-refractivity contribution in [2.24, 2.45) is 0 Å². The Morgan fingerprint density at radius 2 is 1.66 bits per heavy atom. The smallest absolute Gasteiger partial charge is 0.137 e. The molecule has 5 rings (SSSR count). The molecule has 0 amide bonds. The Morgan fingerprint density at radius 3 is 2.48 bits per heavy atom. The molecule has 0 spiro atoms. The van der Waals surface area contributed by atoms with Crippen LogP contribution in [0.1, 0.15) is 5.56 Å². The lowest BCUT2D eigenvalue weighted by molar-refractivity contribution is 0.415. The molecule has 3 heterocycles. The summed E-state index contributed by atoms with van der Waals surface area (Å²) in [5.74, 6) is 0.813. The zero-order valence-electron chi connectivity index (χ0n) is 16.1. The van der Waals surface area contributed by atoms with E-state index in [9.17, 15) is 0 Å². The van der Waals surface area contributed by atoms with Crippen molar-refractivity contribution < 1.29 is 4.74 Å². The Bertz CT molecular complexity index is 1300. The first-order chi connectivity index (χ1) is 14.2. The van der Waals surface area contributed by atoms with Crippen molar-refractivity contribution in [3.8, 4) is 34.0 Å². The van der Waals surface area contributed by atoms with E-state index >= 15 is 0 Å². The maximum absolute atomic E-state index is 5.23. The average molecular weight is 381 g/mol. The van der Waals surface area contributed by atoms with Crippen LogP contribution in [0.2, 0.25) is 0 Å². The molecule has 0 unspecified atom stereocenters. The van der Waals surface area contributed by atoms with Gasteiger partial charge in [0.2, 0.25) is 0 Å². The van der Waals surface area contributed by atoms with Crippen LogP contribution in [0.4, 0.5) is 0 Å². The summed E-state index contributed by atoms with van der Waals surface area (Å²) in [6.07, 6.45) is 6.05. The highest BCUT2D eigenvalue weighted by Gasteiger charge is 2.13. The van der Waals surface area contributed by atoms with Gasteiger partial charge in [0.1, 0.15) is 17.1 Å². The van der Waals surface area contributed by atoms with Crippen molar-refractivity contribution in [3.63, 3.8) is 0 Å². The SMILES string of the molecule is COc1ccc(-c2cn(-c3ccccc3-c3cn4cc(C)ccc4n3)nn2)cc1. The number of hydrogen-bond acceptors (Lipinski definition) is 4. The van der Waals surface area contributed by atoms with Crippen LogP contribution < -0.4 is 4.74 Å². The highest BCUT2D eigenvalue weighted by molar-refractivity contribution is 5.72. The van der Waals surface area contributed by atoms with Crippen LogP contribution in [0.15, 0.2) is 79.3 Å². The molecule has 0 saturated heterocycles. The Kier molecular flexibility index (Phi) is 4.09. The lowest BCUT2D eigenvalue weighted by Crippen LogP contribution is -1.97. The predicted molar refractivity (Wildman–Crippen MR) is 112 cm³/mol. The summed E-state index contributed by atoms with van der Waals surface area (Å²) < 4.78 is 9.07. The second-order valence-electron chi connectivity index (χ2n) is 6.89. The largest absolute Gasteiger partial charge is 0.497 e. The van der Waals surface area contributed by atoms with Gasteiger partial charge in [-0.3, -0.25) is 0 Å². The summed E-state index contributed by atoms with van der Waals surface area (Å²) in [7, 11) is 1.66. The number of fused-ring (bicyclic) bond motifs is 1. The van der Waals surface area contributed by atoms with Crippen LogP contribution >= 0.6 is 0 Å². The summed E-state index contributed by atoms with van der Waals surface area (Å²) in [5, 5.41) is 8.71. The first-order valence-electron chi connectivity index (χ1n) is 9.33. The fraction of sp³-hybridized carbons (Fsp3) is 0.0870. The molecule has 3 aromatic heterocycles. The maximum Gasteiger partial charge on any atom is 0.137 e. The first kappa shape index (κ1) is 17.2. The van der Waals surface area contributed by atoms with E-state index < -0.39 is 0 Å². The van der Waals surface area contributed by atoms with Gasteiger partial charge in [0.05, 0.1) is 24.7 Å². The zero-order valence-corrected chi connectivity index (χ0v) is 16.1. The number of pyridine rings is 1. The first-order valence-corrected chi connectivity index (χ1v) is 9.33. The number of ether oxygens (including phenoxy) is 1. The van der Waals surface area contributed by atoms with Crippen LogP contribution in [0.3, 0.4) is 0 Å². The molecule has 0 saturated carbocycles. The van der Waals surface area contributed by atoms with Crippen LogP contribution in [0.25, 0.3) is 33.8 Å². The monoisotopic (exact) mass is 381 g/mol. The molecule has 6 heteroatoms. The molecule has 29 heavy (non-hydrogen) atoms. The minimum absolute atomic E-state index is 0.799. The predicted octanol–water partition coefficient (Wildman–Crippen LogP) is 4.57. The molecular formula is C23H19N5O. The van der Waals surface area contributed by atoms with Crippen molar-refractivity contribution in [2.75, 3.05) is 7.11 Å². The molecule has 0 aliphatic rings. The highest BCUT2D eigenvalue weighted by Crippen LogP contribution is 2.27. The number of para-hydroxylation sites is 1. The van der Waals surface area contributed by atoms with Crippen molar-refractivity contribution in [2.45, 2.75) is 6.92 Å². The van der Waals surface area contributed by atoms with Gasteiger partial charge in [0, 0.05) is 23.5 Å². The fourth-order valence-corrected chi connectivity index (χ4v) is 3.40. The Labute approximate surface area is 168 Å². The third kappa shape index (κ3) is 3.14. The Hall–Kier alpha value is -3.93. The van der Waals surface area contributed by atoms with Gasteiger partial charge in [-0.2, -0.15) is 0 Å². The van der Waals surface area contributed by atoms with Gasteiger partial charge < -0.3 is 9.14 Å². The second kappa shape index (κ2) is 6.91. The van der Waals surface area contributed by atoms with Gasteiger partial charge >= 0.3 is 0 Å². The van der Waals surface area contributed by atoms with Crippen molar-refractivity contribution >= 4 is 5.65 Å². The topological polar surface area (TPSA) is 57.2 Å². The number of nitrogens with zero attached hydrogens (tertiary/aromatic N) is 5. The summed E-state index contributed by atoms with van der Waals surface area (Å²) >= 11 is 0. The lowest BCUT2D eigenvalue weighted by Gasteiger charge is -2.06. The number of methoxy groups -OCH3 is 1. The van der Waals surface area contributed by atoms with Crippen molar-refractivity contribution in [1.29, 1.82) is 0 Å². The van der Waals surface area contributed by atoms with E-state index in [1.807, 2.05) is 65.3 Å². The van der Waals surface area contributed by atoms with Gasteiger partial charge in [-0.25, -0.2) is 9.67 Å². The molecule has 6 nitrogen and oxygen atoms in total. The van der Waals surface area contributed by atoms with Crippen LogP contribution in [-0.4, -0.2) is 31.5 Å². The van der Waals surface area contributed by atoms with E-state index in [2.05, 4.69) is 35.6 Å². The van der Waals surface area contributed by atoms with E-state index in [1.54, 1.807) is 11.8 Å². The number of rotatable bonds is 4. The molecular weight excluding hydrogens is 362 g/mol. The van der Waals surface area contributed by atoms with Crippen molar-refractivity contribution in [1.82, 2.24) is 24.4 Å². The maximum atomic E-state index is 5.23. The van der Waals surface area contributed by atoms with Gasteiger partial charge in [-0.15, -0.1) is 5.10 Å². The van der Waals surface area contributed by atoms with Gasteiger partial charge in [-0.1, -0.05) is 29.5 Å². The number of aryl methyl sites for hydroxylation is 1. The van der Waals surface area contributed by atoms with E-state index in [1.165, 1.54) is 5.56 Å². The molecule has 0 aliphatic heterocycles. The number of aromatic nitrogens is 5. The Morgan fingerprint density at radius 1 is 0.828 bits per heavy atom. The summed E-state index contributed by atoms with van der Waals surface area (Å²) in [6, 6.07) is 20.0. The third-order valence-corrected chi connectivity index (χ3v) is 4.90. The number of benzene rings is 2. The summed E-state index contributed by atoms with van der Waals surface area (Å²) in [5.41, 5.74) is 6.71. The van der Waals surface area contributed by atoms with Crippen LogP contribution in [0, 0.1) is 6.92 Å². The van der Waals surface area contributed by atoms with Crippen LogP contribution in [0.5, 0.6) is 5.75 Å². The van der Waals surface area contributed by atoms with Crippen LogP contribution in [-0.2, 0) is 0 Å². The van der Waals surface area contributed by atoms with Gasteiger partial charge in [0.15, 0.2) is 0 Å². The molecule has 0 radical (unpaired) electrons. The van der Waals surface area contributed by atoms with E-state index in [0.717, 1.165) is 39.6 Å². The lowest BCUT2D eigenvalue weighted by atomic mass is 10.1. The minimum atomic E-state index is 0.799. The summed E-state index contributed by atoms with van der Waals surface area (Å²) in [4.78, 5) is 4.78. The molecule has 5 aromatic rings. The van der Waals surface area contributed by atoms with Crippen molar-refractivity contribution in [3.05, 3.63) is 84.8 Å². The Balaban J connectivity index is 1.56. The quantitative estimate of drug-likeness (QED) is 0.458. The summed E-state index contributed by atoms with van der Waals surface area (Å²) in [6.45, 7) is 2.07. The normalized spacial score (nSPS) is 11.1. The fourth-order valence-electron chi connectivity index (χ4n) is 3.40. The number of hydrogen-bond donors (Lipinski definition) is 0. The molecule has 0 fully saturated rings. The third-order valence-electron chi connectivity index (χ3n) is 4.90. The molecule has 0 atom stereocenters. The van der Waals surface area contributed by atoms with E-state index in [4.69, 9.17) is 9.72 Å². The van der Waals surface area contributed by atoms with Gasteiger partial charge in [0.25, 0.3) is 0 Å². The van der Waals surface area contributed by atoms with E-state index in [-0.39, 0.29) is 0 Å². The zero-order chi connectivity index (χ0) is 19.8. The minimum Gasteiger partial charge on any atom is -0.497 e. The average Bonchev–Trinajstić information content (AvgIpc) is 3.41. The highest BCUT2D eigenvalue weighted by atomic mass is 16.5. The van der Waals surface area contributed by atoms with Gasteiger partial charge in [-0.05, 0) is 48.9 Å². The molecule has 2 aromatic carbocycles. The molecule has 0 bridgehead atoms. The standard InChI is InChI=1S/C23H19N5O/c1-16-7-12-23-24-21(14-27(23)13-16)19-5-3-4-6-22(19)28-15-20(25-26-28)17-8-10-18(29-2)11-9-17/h3-15H,1-2H3. The molecule has 0 N–H and O–H groups in total.